The first kappa shape index (κ1) is 19.9. The average Bonchev–Trinajstić information content (AvgIpc) is 2.68. The van der Waals surface area contributed by atoms with E-state index >= 15 is 0 Å². The van der Waals surface area contributed by atoms with Crippen LogP contribution in [0.5, 0.6) is 17.2 Å². The third kappa shape index (κ3) is 4.34. The molecular weight excluding hydrogens is 384 g/mol. The van der Waals surface area contributed by atoms with Crippen LogP contribution in [-0.4, -0.2) is 17.7 Å². The summed E-state index contributed by atoms with van der Waals surface area (Å²) in [4.78, 5) is 23.8. The summed E-state index contributed by atoms with van der Waals surface area (Å²) in [7, 11) is 2.84. The summed E-state index contributed by atoms with van der Waals surface area (Å²) in [6.45, 7) is 0. The van der Waals surface area contributed by atoms with Crippen LogP contribution >= 0.6 is 0 Å². The van der Waals surface area contributed by atoms with Gasteiger partial charge in [0.1, 0.15) is 11.6 Å². The third-order valence-corrected chi connectivity index (χ3v) is 3.99. The second-order valence-electron chi connectivity index (χ2n) is 6.08. The lowest BCUT2D eigenvalue weighted by molar-refractivity contribution is 0.202. The summed E-state index contributed by atoms with van der Waals surface area (Å²) in [5.74, 6) is -1.82. The van der Waals surface area contributed by atoms with Crippen LogP contribution in [0.3, 0.4) is 0 Å². The minimum Gasteiger partial charge on any atom is -0.454 e. The number of hydrogen-bond acceptors (Lipinski definition) is 5. The standard InChI is InChI=1S/C20H17F2N3O4/c1-24-20(27)29-18-7-11(10-25(2)19(18)26)14-9-13(23)4-6-16(14)28-17-5-3-12(21)8-15(17)22/h3-10H,23H2,1-2H3,(H,24,27). The molecule has 7 nitrogen and oxygen atoms in total. The van der Waals surface area contributed by atoms with E-state index in [1.807, 2.05) is 0 Å². The molecule has 0 spiro atoms. The van der Waals surface area contributed by atoms with Crippen molar-refractivity contribution < 1.29 is 23.0 Å². The van der Waals surface area contributed by atoms with Crippen LogP contribution < -0.4 is 26.1 Å². The topological polar surface area (TPSA) is 95.6 Å². The Bertz CT molecular complexity index is 1150. The Kier molecular flexibility index (Phi) is 5.49. The van der Waals surface area contributed by atoms with Crippen molar-refractivity contribution in [3.05, 3.63) is 70.6 Å². The van der Waals surface area contributed by atoms with Crippen molar-refractivity contribution in [2.75, 3.05) is 12.8 Å². The molecule has 1 aromatic heterocycles. The number of nitrogen functional groups attached to an aromatic ring is 1. The van der Waals surface area contributed by atoms with E-state index in [2.05, 4.69) is 5.32 Å². The Morgan fingerprint density at radius 1 is 1.07 bits per heavy atom. The van der Waals surface area contributed by atoms with Crippen LogP contribution in [0.25, 0.3) is 11.1 Å². The smallest absolute Gasteiger partial charge is 0.412 e. The first-order valence-corrected chi connectivity index (χ1v) is 8.41. The minimum absolute atomic E-state index is 0.191. The fourth-order valence-corrected chi connectivity index (χ4v) is 2.59. The first-order chi connectivity index (χ1) is 13.8. The third-order valence-electron chi connectivity index (χ3n) is 3.99. The number of nitrogens with two attached hydrogens (primary N) is 1. The Morgan fingerprint density at radius 2 is 1.79 bits per heavy atom. The van der Waals surface area contributed by atoms with Crippen LogP contribution in [0.15, 0.2) is 53.5 Å². The molecule has 2 aromatic carbocycles. The van der Waals surface area contributed by atoms with Gasteiger partial charge in [0.15, 0.2) is 17.3 Å². The molecule has 3 rings (SSSR count). The summed E-state index contributed by atoms with van der Waals surface area (Å²) in [5, 5.41) is 2.26. The number of rotatable bonds is 4. The Morgan fingerprint density at radius 3 is 2.48 bits per heavy atom. The highest BCUT2D eigenvalue weighted by atomic mass is 19.1. The molecule has 0 unspecified atom stereocenters. The van der Waals surface area contributed by atoms with E-state index in [-0.39, 0.29) is 17.2 Å². The number of hydrogen-bond donors (Lipinski definition) is 2. The van der Waals surface area contributed by atoms with E-state index in [1.54, 1.807) is 12.1 Å². The summed E-state index contributed by atoms with van der Waals surface area (Å²) < 4.78 is 39.0. The van der Waals surface area contributed by atoms with Gasteiger partial charge in [-0.1, -0.05) is 0 Å². The molecule has 0 aliphatic heterocycles. The molecule has 0 aliphatic carbocycles. The van der Waals surface area contributed by atoms with Crippen molar-refractivity contribution in [3.8, 4) is 28.4 Å². The van der Waals surface area contributed by atoms with Crippen molar-refractivity contribution in [2.45, 2.75) is 0 Å². The predicted octanol–water partition coefficient (Wildman–Crippen LogP) is 3.42. The van der Waals surface area contributed by atoms with Crippen LogP contribution in [0, 0.1) is 11.6 Å². The zero-order valence-electron chi connectivity index (χ0n) is 15.5. The van der Waals surface area contributed by atoms with Gasteiger partial charge in [0.05, 0.1) is 0 Å². The van der Waals surface area contributed by atoms with Gasteiger partial charge in [-0.15, -0.1) is 0 Å². The average molecular weight is 401 g/mol. The van der Waals surface area contributed by atoms with Crippen molar-refractivity contribution in [3.63, 3.8) is 0 Å². The maximum Gasteiger partial charge on any atom is 0.412 e. The first-order valence-electron chi connectivity index (χ1n) is 8.41. The molecule has 1 heterocycles. The highest BCUT2D eigenvalue weighted by molar-refractivity contribution is 5.76. The molecule has 0 bridgehead atoms. The molecule has 29 heavy (non-hydrogen) atoms. The Balaban J connectivity index is 2.10. The second kappa shape index (κ2) is 8.01. The van der Waals surface area contributed by atoms with E-state index in [0.717, 1.165) is 12.1 Å². The Hall–Kier alpha value is -3.88. The largest absolute Gasteiger partial charge is 0.454 e. The fourth-order valence-electron chi connectivity index (χ4n) is 2.59. The second-order valence-corrected chi connectivity index (χ2v) is 6.08. The number of aromatic nitrogens is 1. The molecule has 9 heteroatoms. The number of carbonyl (C=O) groups excluding carboxylic acids is 1. The monoisotopic (exact) mass is 401 g/mol. The van der Waals surface area contributed by atoms with Gasteiger partial charge in [-0.2, -0.15) is 0 Å². The molecule has 150 valence electrons. The molecule has 0 atom stereocenters. The highest BCUT2D eigenvalue weighted by Gasteiger charge is 2.16. The summed E-state index contributed by atoms with van der Waals surface area (Å²) in [6, 6.07) is 8.89. The van der Waals surface area contributed by atoms with Crippen LogP contribution in [0.1, 0.15) is 0 Å². The molecule has 1 amide bonds. The maximum atomic E-state index is 14.0. The highest BCUT2D eigenvalue weighted by Crippen LogP contribution is 2.36. The number of anilines is 1. The number of aryl methyl sites for hydroxylation is 1. The molecule has 0 saturated heterocycles. The molecule has 3 aromatic rings. The number of ether oxygens (including phenoxy) is 2. The van der Waals surface area contributed by atoms with Gasteiger partial charge < -0.3 is 25.1 Å². The lowest BCUT2D eigenvalue weighted by atomic mass is 10.1. The minimum atomic E-state index is -0.878. The zero-order chi connectivity index (χ0) is 21.1. The number of benzene rings is 2. The summed E-state index contributed by atoms with van der Waals surface area (Å²) >= 11 is 0. The quantitative estimate of drug-likeness (QED) is 0.653. The number of halogens is 2. The van der Waals surface area contributed by atoms with Gasteiger partial charge in [0.25, 0.3) is 5.56 Å². The van der Waals surface area contributed by atoms with E-state index in [0.29, 0.717) is 22.9 Å². The van der Waals surface area contributed by atoms with Gasteiger partial charge in [-0.05, 0) is 36.4 Å². The molecular formula is C20H17F2N3O4. The van der Waals surface area contributed by atoms with E-state index in [1.165, 1.54) is 37.0 Å². The number of nitrogens with one attached hydrogen (secondary N) is 1. The normalized spacial score (nSPS) is 10.5. The molecule has 0 aliphatic rings. The number of pyridine rings is 1. The number of nitrogens with zero attached hydrogens (tertiary/aromatic N) is 1. The number of amides is 1. The Labute approximate surface area is 164 Å². The van der Waals surface area contributed by atoms with Gasteiger partial charge >= 0.3 is 6.09 Å². The van der Waals surface area contributed by atoms with E-state index in [4.69, 9.17) is 15.2 Å². The van der Waals surface area contributed by atoms with Gasteiger partial charge in [-0.25, -0.2) is 13.6 Å². The van der Waals surface area contributed by atoms with Crippen LogP contribution in [0.2, 0.25) is 0 Å². The van der Waals surface area contributed by atoms with Crippen LogP contribution in [-0.2, 0) is 7.05 Å². The maximum absolute atomic E-state index is 14.0. The van der Waals surface area contributed by atoms with Crippen molar-refractivity contribution in [1.29, 1.82) is 0 Å². The van der Waals surface area contributed by atoms with E-state index in [9.17, 15) is 18.4 Å². The lowest BCUT2D eigenvalue weighted by Crippen LogP contribution is -2.27. The SMILES string of the molecule is CNC(=O)Oc1cc(-c2cc(N)ccc2Oc2ccc(F)cc2F)cn(C)c1=O. The fraction of sp³-hybridized carbons (Fsp3) is 0.100. The van der Waals surface area contributed by atoms with Gasteiger partial charge in [0, 0.05) is 43.2 Å². The van der Waals surface area contributed by atoms with Crippen LogP contribution in [0.4, 0.5) is 19.3 Å². The predicted molar refractivity (Wildman–Crippen MR) is 103 cm³/mol. The molecule has 3 N–H and O–H groups in total. The molecule has 0 radical (unpaired) electrons. The molecule has 0 saturated carbocycles. The summed E-state index contributed by atoms with van der Waals surface area (Å²) in [6.07, 6.45) is 0.679. The number of carbonyl (C=O) groups is 1. The van der Waals surface area contributed by atoms with Crippen molar-refractivity contribution in [1.82, 2.24) is 9.88 Å². The zero-order valence-corrected chi connectivity index (χ0v) is 15.5. The summed E-state index contributed by atoms with van der Waals surface area (Å²) in [5.41, 5.74) is 6.56. The van der Waals surface area contributed by atoms with Gasteiger partial charge in [-0.3, -0.25) is 4.79 Å². The molecule has 0 fully saturated rings. The van der Waals surface area contributed by atoms with Crippen molar-refractivity contribution in [2.24, 2.45) is 7.05 Å². The lowest BCUT2D eigenvalue weighted by Gasteiger charge is -2.14. The van der Waals surface area contributed by atoms with Crippen molar-refractivity contribution >= 4 is 11.8 Å². The van der Waals surface area contributed by atoms with Gasteiger partial charge in [0.2, 0.25) is 0 Å². The van der Waals surface area contributed by atoms with E-state index < -0.39 is 23.3 Å².